The molecule has 0 radical (unpaired) electrons. The summed E-state index contributed by atoms with van der Waals surface area (Å²) in [4.78, 5) is 57.2. The Morgan fingerprint density at radius 1 is 0.744 bits per heavy atom. The molecule has 0 saturated carbocycles. The molecule has 2 aromatic carbocycles. The van der Waals surface area contributed by atoms with Gasteiger partial charge in [-0.2, -0.15) is 0 Å². The number of fused-ring (bicyclic) bond motifs is 8. The Kier molecular flexibility index (Phi) is 17.7. The van der Waals surface area contributed by atoms with Gasteiger partial charge >= 0.3 is 11.9 Å². The molecule has 10 N–H and O–H groups in total. The summed E-state index contributed by atoms with van der Waals surface area (Å²) in [6.07, 6.45) is -15.2. The highest BCUT2D eigenvalue weighted by Crippen LogP contribution is 2.56. The van der Waals surface area contributed by atoms with Gasteiger partial charge in [0.25, 0.3) is 0 Å². The number of nitrogens with two attached hydrogens (primary N) is 2. The van der Waals surface area contributed by atoms with Crippen molar-refractivity contribution in [1.29, 1.82) is 0 Å². The lowest BCUT2D eigenvalue weighted by Crippen LogP contribution is -2.70. The van der Waals surface area contributed by atoms with Crippen molar-refractivity contribution in [3.63, 3.8) is 0 Å². The van der Waals surface area contributed by atoms with Crippen molar-refractivity contribution < 1.29 is 107 Å². The number of carboxylic acid groups (broad SMARTS) is 1. The maximum atomic E-state index is 15.2. The average molecular weight is 1220 g/mol. The van der Waals surface area contributed by atoms with Gasteiger partial charge < -0.3 is 109 Å². The topological polar surface area (TPSA) is 359 Å². The molecule has 26 nitrogen and oxygen atoms in total. The first kappa shape index (κ1) is 64.4. The van der Waals surface area contributed by atoms with Crippen LogP contribution in [0.25, 0.3) is 0 Å². The highest BCUT2D eigenvalue weighted by atomic mass is 16.8. The van der Waals surface area contributed by atoms with Crippen molar-refractivity contribution in [3.8, 4) is 17.2 Å². The van der Waals surface area contributed by atoms with Crippen LogP contribution in [0.2, 0.25) is 0 Å². The molecule has 2 aliphatic carbocycles. The van der Waals surface area contributed by atoms with E-state index in [0.29, 0.717) is 0 Å². The van der Waals surface area contributed by atoms with Crippen molar-refractivity contribution in [2.75, 3.05) is 41.9 Å². The van der Waals surface area contributed by atoms with Gasteiger partial charge in [-0.1, -0.05) is 13.0 Å². The Labute approximate surface area is 499 Å². The molecule has 10 rings (SSSR count). The van der Waals surface area contributed by atoms with Crippen LogP contribution in [0.15, 0.2) is 12.1 Å². The smallest absolute Gasteiger partial charge is 0.306 e. The van der Waals surface area contributed by atoms with Crippen LogP contribution < -0.4 is 16.2 Å². The predicted octanol–water partition coefficient (Wildman–Crippen LogP) is 1.95. The number of carbonyl (C=O) groups is 4. The third-order valence-electron chi connectivity index (χ3n) is 18.9. The first-order valence-corrected chi connectivity index (χ1v) is 29.5. The molecule has 5 saturated heterocycles. The van der Waals surface area contributed by atoms with Crippen LogP contribution in [0.4, 0.5) is 0 Å². The molecule has 6 heterocycles. The lowest BCUT2D eigenvalue weighted by atomic mass is 9.72. The molecule has 8 aliphatic rings. The zero-order valence-corrected chi connectivity index (χ0v) is 51.0. The van der Waals surface area contributed by atoms with Crippen molar-refractivity contribution in [2.24, 2.45) is 17.4 Å². The number of phenolic OH excluding ortho intramolecular Hbond substituents is 2. The number of hydrogen-bond acceptors (Lipinski definition) is 25. The number of nitrogens with zero attached hydrogens (tertiary/aromatic N) is 2. The molecule has 5 fully saturated rings. The molecule has 26 heteroatoms. The van der Waals surface area contributed by atoms with E-state index in [9.17, 15) is 39.9 Å². The summed E-state index contributed by atoms with van der Waals surface area (Å²) in [6.45, 7) is 14.0. The van der Waals surface area contributed by atoms with E-state index in [4.69, 9.17) is 73.4 Å². The Morgan fingerprint density at radius 3 is 1.92 bits per heavy atom. The van der Waals surface area contributed by atoms with E-state index in [-0.39, 0.29) is 91.2 Å². The van der Waals surface area contributed by atoms with Crippen LogP contribution in [-0.4, -0.2) is 227 Å². The molecule has 2 aromatic rings. The number of aliphatic hydroxyl groups is 3. The number of hydrogen-bond donors (Lipinski definition) is 8. The van der Waals surface area contributed by atoms with Gasteiger partial charge in [0.15, 0.2) is 37.0 Å². The second kappa shape index (κ2) is 23.7. The minimum Gasteiger partial charge on any atom is -0.507 e. The number of rotatable bonds is 15. The molecule has 2 bridgehead atoms. The van der Waals surface area contributed by atoms with Crippen LogP contribution in [0, 0.1) is 5.92 Å². The summed E-state index contributed by atoms with van der Waals surface area (Å²) in [5, 5.41) is 68.5. The fourth-order valence-corrected chi connectivity index (χ4v) is 14.4. The highest BCUT2D eigenvalue weighted by molar-refractivity contribution is 6.31. The van der Waals surface area contributed by atoms with Gasteiger partial charge in [0.2, 0.25) is 12.1 Å². The molecule has 478 valence electrons. The average Bonchev–Trinajstić information content (AvgIpc) is 0.717. The normalized spacial score (nSPS) is 42.1. The molecule has 6 aliphatic heterocycles. The molecular weight excluding hydrogens is 1130 g/mol. The third-order valence-corrected chi connectivity index (χ3v) is 18.9. The number of ether oxygens (including phenoxy) is 12. The summed E-state index contributed by atoms with van der Waals surface area (Å²) in [6, 6.07) is 1.84. The maximum absolute atomic E-state index is 15.2. The summed E-state index contributed by atoms with van der Waals surface area (Å²) in [7, 11) is 8.63. The van der Waals surface area contributed by atoms with E-state index in [0.717, 1.165) is 0 Å². The van der Waals surface area contributed by atoms with E-state index in [2.05, 4.69) is 0 Å². The number of phenols is 2. The molecule has 0 aromatic heterocycles. The Balaban J connectivity index is 0.861. The molecule has 0 spiro atoms. The standard InChI is InChI=1S/C60H86N4O22/c1-24-44(68)31(63(9)10)23-76-55(24)80-33-20-57(5,74)19-29-39(33)47(71)41-42(46(29)70)48(72)40-28(45(41)69)14-15-30-51(40)85-56-49(73)43(64(11)12)54(60(30,8)86-56)84-38-22-59(7,62)53(27(4)79-38)83-37-21-58(6,61)52(26(3)78-37)82-36-18-32(75-13)50(25(2)77-36)81-35(67)17-16-34(65)66/h14-15,24-27,31-33,36-38,43-44,49-50,52-56,68,70-71,73-74H,16-23,61-62H2,1-13H3,(H,65,66). The lowest BCUT2D eigenvalue weighted by molar-refractivity contribution is -0.359. The minimum absolute atomic E-state index is 0.00407. The molecule has 86 heavy (non-hydrogen) atoms. The zero-order valence-electron chi connectivity index (χ0n) is 51.0. The Hall–Kier alpha value is -4.56. The van der Waals surface area contributed by atoms with E-state index in [1.807, 2.05) is 25.9 Å². The van der Waals surface area contributed by atoms with E-state index in [1.165, 1.54) is 20.1 Å². The number of aromatic hydroxyl groups is 2. The predicted molar refractivity (Wildman–Crippen MR) is 299 cm³/mol. The van der Waals surface area contributed by atoms with Gasteiger partial charge in [-0.15, -0.1) is 0 Å². The van der Waals surface area contributed by atoms with Gasteiger partial charge in [-0.05, 0) is 82.7 Å². The van der Waals surface area contributed by atoms with E-state index < -0.39 is 179 Å². The molecule has 23 atom stereocenters. The van der Waals surface area contributed by atoms with Crippen LogP contribution in [0.5, 0.6) is 17.2 Å². The number of esters is 1. The first-order chi connectivity index (χ1) is 40.2. The van der Waals surface area contributed by atoms with Crippen molar-refractivity contribution in [3.05, 3.63) is 51.1 Å². The summed E-state index contributed by atoms with van der Waals surface area (Å²) in [5.74, 6) is -5.38. The number of likely N-dealkylation sites (N-methyl/N-ethyl adjacent to an activating group) is 2. The number of carbonyl (C=O) groups excluding carboxylic acids is 3. The summed E-state index contributed by atoms with van der Waals surface area (Å²) >= 11 is 0. The van der Waals surface area contributed by atoms with Crippen molar-refractivity contribution in [1.82, 2.24) is 9.80 Å². The Bertz CT molecular complexity index is 2940. The number of carboxylic acids is 1. The van der Waals surface area contributed by atoms with Gasteiger partial charge in [0.05, 0.1) is 84.3 Å². The quantitative estimate of drug-likeness (QED) is 0.0796. The highest BCUT2D eigenvalue weighted by Gasteiger charge is 2.62. The van der Waals surface area contributed by atoms with Gasteiger partial charge in [-0.3, -0.25) is 19.2 Å². The van der Waals surface area contributed by atoms with Gasteiger partial charge in [0, 0.05) is 78.5 Å². The SMILES string of the molecule is COC1CC(OC2C(C)OC(OC3C(C)OC(OC4C(N(C)C)C(O)C5Oc6c(ccc7c6C(=O)c6c(O)c8c(c(O)c6C7=O)C(OC6OCC(N(C)C)C(O)C6C)CC(C)(O)C8)C4(C)O5)CC3(C)N)CC2(C)N)OC(C)C1OC(=O)CCC(=O)O. The minimum atomic E-state index is -1.53. The lowest BCUT2D eigenvalue weighted by Gasteiger charge is -2.56. The van der Waals surface area contributed by atoms with Crippen LogP contribution in [0.1, 0.15) is 149 Å². The fourth-order valence-electron chi connectivity index (χ4n) is 14.4. The van der Waals surface area contributed by atoms with Crippen LogP contribution >= 0.6 is 0 Å². The number of methoxy groups -OCH3 is 1. The summed E-state index contributed by atoms with van der Waals surface area (Å²) in [5.41, 5.74) is 7.88. The second-order valence-electron chi connectivity index (χ2n) is 26.4. The maximum Gasteiger partial charge on any atom is 0.306 e. The summed E-state index contributed by atoms with van der Waals surface area (Å²) < 4.78 is 76.1. The molecule has 23 unspecified atom stereocenters. The van der Waals surface area contributed by atoms with Crippen molar-refractivity contribution >= 4 is 23.5 Å². The van der Waals surface area contributed by atoms with Crippen molar-refractivity contribution in [2.45, 2.75) is 233 Å². The second-order valence-corrected chi connectivity index (χ2v) is 26.4. The van der Waals surface area contributed by atoms with E-state index in [1.54, 1.807) is 66.6 Å². The molecule has 0 amide bonds. The largest absolute Gasteiger partial charge is 0.507 e. The van der Waals surface area contributed by atoms with Crippen LogP contribution in [0.3, 0.4) is 0 Å². The third kappa shape index (κ3) is 11.6. The monoisotopic (exact) mass is 1210 g/mol. The number of aliphatic hydroxyl groups excluding tert-OH is 2. The molecular formula is C60H86N4O22. The van der Waals surface area contributed by atoms with Crippen LogP contribution in [-0.2, 0) is 73.7 Å². The number of aliphatic carboxylic acids is 1. The fraction of sp³-hybridized carbons (Fsp3) is 0.733. The van der Waals surface area contributed by atoms with Gasteiger partial charge in [0.1, 0.15) is 53.4 Å². The zero-order chi connectivity index (χ0) is 62.8. The van der Waals surface area contributed by atoms with E-state index >= 15 is 4.79 Å². The number of ketones is 2. The van der Waals surface area contributed by atoms with Gasteiger partial charge in [-0.25, -0.2) is 0 Å². The first-order valence-electron chi connectivity index (χ1n) is 29.5. The number of benzene rings is 2. The Morgan fingerprint density at radius 2 is 1.34 bits per heavy atom.